The van der Waals surface area contributed by atoms with Crippen LogP contribution in [0.25, 0.3) is 0 Å². The van der Waals surface area contributed by atoms with Crippen LogP contribution < -0.4 is 0 Å². The van der Waals surface area contributed by atoms with Gasteiger partial charge in [-0.2, -0.15) is 0 Å². The summed E-state index contributed by atoms with van der Waals surface area (Å²) in [4.78, 5) is 14.7. The Hall–Kier alpha value is -1.35. The van der Waals surface area contributed by atoms with Crippen molar-refractivity contribution in [1.82, 2.24) is 0 Å². The van der Waals surface area contributed by atoms with E-state index in [9.17, 15) is 4.79 Å². The molecule has 2 aromatic rings. The first kappa shape index (κ1) is 10.8. The largest absolute Gasteiger partial charge is 0.468 e. The minimum absolute atomic E-state index is 0.230. The molecule has 88 valence electrons. The van der Waals surface area contributed by atoms with Crippen LogP contribution in [-0.2, 0) is 6.42 Å². The van der Waals surface area contributed by atoms with Crippen LogP contribution >= 0.6 is 11.3 Å². The lowest BCUT2D eigenvalue weighted by Crippen LogP contribution is -2.17. The number of hydrogen-bond donors (Lipinski definition) is 0. The summed E-state index contributed by atoms with van der Waals surface area (Å²) >= 11 is 1.78. The van der Waals surface area contributed by atoms with Crippen LogP contribution in [0.2, 0.25) is 0 Å². The van der Waals surface area contributed by atoms with Crippen molar-refractivity contribution in [3.8, 4) is 0 Å². The second kappa shape index (κ2) is 3.84. The second-order valence-corrected chi connectivity index (χ2v) is 6.01. The van der Waals surface area contributed by atoms with E-state index < -0.39 is 0 Å². The van der Waals surface area contributed by atoms with Gasteiger partial charge in [0.05, 0.1) is 11.8 Å². The molecule has 1 aliphatic carbocycles. The molecule has 0 aromatic carbocycles. The average molecular weight is 246 g/mol. The van der Waals surface area contributed by atoms with Gasteiger partial charge in [0.1, 0.15) is 5.76 Å². The van der Waals surface area contributed by atoms with Crippen molar-refractivity contribution in [3.63, 3.8) is 0 Å². The Bertz CT molecular complexity index is 577. The van der Waals surface area contributed by atoms with Crippen molar-refractivity contribution in [2.75, 3.05) is 0 Å². The van der Waals surface area contributed by atoms with E-state index in [1.54, 1.807) is 17.6 Å². The molecule has 0 N–H and O–H groups in total. The first-order chi connectivity index (χ1) is 8.15. The molecule has 2 nitrogen and oxygen atoms in total. The van der Waals surface area contributed by atoms with Crippen LogP contribution in [0.1, 0.15) is 43.8 Å². The van der Waals surface area contributed by atoms with Crippen LogP contribution in [0.5, 0.6) is 0 Å². The lowest BCUT2D eigenvalue weighted by Gasteiger charge is -2.19. The van der Waals surface area contributed by atoms with E-state index in [0.29, 0.717) is 12.3 Å². The molecule has 2 aromatic heterocycles. The van der Waals surface area contributed by atoms with E-state index in [0.717, 1.165) is 23.3 Å². The predicted molar refractivity (Wildman–Crippen MR) is 67.9 cm³/mol. The van der Waals surface area contributed by atoms with E-state index in [1.165, 1.54) is 9.75 Å². The third-order valence-corrected chi connectivity index (χ3v) is 4.52. The molecule has 0 aliphatic heterocycles. The van der Waals surface area contributed by atoms with Gasteiger partial charge in [-0.3, -0.25) is 4.79 Å². The molecule has 0 radical (unpaired) electrons. The van der Waals surface area contributed by atoms with Gasteiger partial charge in [-0.15, -0.1) is 11.3 Å². The molecule has 1 unspecified atom stereocenters. The van der Waals surface area contributed by atoms with E-state index in [2.05, 4.69) is 19.1 Å². The maximum Gasteiger partial charge on any atom is 0.167 e. The van der Waals surface area contributed by atoms with E-state index >= 15 is 0 Å². The standard InChI is InChI=1S/C14H14O2S/c1-8-7-16-12-6-10(5-11(15)14(8)12)13-4-3-9(2)17-13/h3-4,7,10H,5-6H2,1-2H3. The number of aryl methyl sites for hydroxylation is 2. The van der Waals surface area contributed by atoms with Crippen LogP contribution in [0, 0.1) is 13.8 Å². The summed E-state index contributed by atoms with van der Waals surface area (Å²) in [6.45, 7) is 4.04. The lowest BCUT2D eigenvalue weighted by atomic mass is 9.85. The average Bonchev–Trinajstić information content (AvgIpc) is 2.86. The minimum atomic E-state index is 0.230. The summed E-state index contributed by atoms with van der Waals surface area (Å²) in [5.74, 6) is 1.41. The highest BCUT2D eigenvalue weighted by Gasteiger charge is 2.30. The van der Waals surface area contributed by atoms with Crippen molar-refractivity contribution < 1.29 is 9.21 Å². The fourth-order valence-corrected chi connectivity index (χ4v) is 3.50. The maximum absolute atomic E-state index is 12.1. The van der Waals surface area contributed by atoms with Gasteiger partial charge in [0.15, 0.2) is 5.78 Å². The lowest BCUT2D eigenvalue weighted by molar-refractivity contribution is 0.0960. The first-order valence-electron chi connectivity index (χ1n) is 5.81. The van der Waals surface area contributed by atoms with E-state index in [-0.39, 0.29) is 5.78 Å². The first-order valence-corrected chi connectivity index (χ1v) is 6.63. The molecule has 1 aliphatic rings. The summed E-state index contributed by atoms with van der Waals surface area (Å²) < 4.78 is 5.50. The van der Waals surface area contributed by atoms with Crippen LogP contribution in [-0.4, -0.2) is 5.78 Å². The number of carbonyl (C=O) groups is 1. The Balaban J connectivity index is 1.96. The Morgan fingerprint density at radius 3 is 2.82 bits per heavy atom. The molecule has 0 fully saturated rings. The molecular weight excluding hydrogens is 232 g/mol. The summed E-state index contributed by atoms with van der Waals surface area (Å²) in [7, 11) is 0. The zero-order valence-corrected chi connectivity index (χ0v) is 10.8. The predicted octanol–water partition coefficient (Wildman–Crippen LogP) is 3.87. The number of thiophene rings is 1. The third kappa shape index (κ3) is 1.75. The molecule has 0 bridgehead atoms. The van der Waals surface area contributed by atoms with Gasteiger partial charge in [0.25, 0.3) is 0 Å². The topological polar surface area (TPSA) is 30.2 Å². The van der Waals surface area contributed by atoms with Gasteiger partial charge in [-0.1, -0.05) is 0 Å². The Kier molecular flexibility index (Phi) is 2.44. The van der Waals surface area contributed by atoms with Gasteiger partial charge in [0, 0.05) is 28.5 Å². The van der Waals surface area contributed by atoms with Crippen molar-refractivity contribution >= 4 is 17.1 Å². The van der Waals surface area contributed by atoms with Crippen molar-refractivity contribution in [1.29, 1.82) is 0 Å². The number of carbonyl (C=O) groups excluding carboxylic acids is 1. The molecule has 0 saturated heterocycles. The SMILES string of the molecule is Cc1ccc(C2CC(=O)c3c(C)coc3C2)s1. The normalized spacial score (nSPS) is 19.4. The van der Waals surface area contributed by atoms with Crippen molar-refractivity contribution in [2.24, 2.45) is 0 Å². The van der Waals surface area contributed by atoms with Gasteiger partial charge in [-0.25, -0.2) is 0 Å². The molecule has 17 heavy (non-hydrogen) atoms. The molecular formula is C14H14O2S. The van der Waals surface area contributed by atoms with Crippen molar-refractivity contribution in [2.45, 2.75) is 32.6 Å². The highest BCUT2D eigenvalue weighted by atomic mass is 32.1. The molecule has 0 amide bonds. The molecule has 3 heteroatoms. The summed E-state index contributed by atoms with van der Waals surface area (Å²) in [5, 5.41) is 0. The van der Waals surface area contributed by atoms with Gasteiger partial charge in [-0.05, 0) is 31.5 Å². The van der Waals surface area contributed by atoms with Crippen molar-refractivity contribution in [3.05, 3.63) is 45.0 Å². The van der Waals surface area contributed by atoms with Gasteiger partial charge in [0.2, 0.25) is 0 Å². The number of rotatable bonds is 1. The molecule has 2 heterocycles. The quantitative estimate of drug-likeness (QED) is 0.764. The van der Waals surface area contributed by atoms with Gasteiger partial charge < -0.3 is 4.42 Å². The summed E-state index contributed by atoms with van der Waals surface area (Å²) in [6.07, 6.45) is 3.17. The maximum atomic E-state index is 12.1. The third-order valence-electron chi connectivity index (χ3n) is 3.36. The second-order valence-electron chi connectivity index (χ2n) is 4.69. The zero-order chi connectivity index (χ0) is 12.0. The molecule has 1 atom stereocenters. The fourth-order valence-electron chi connectivity index (χ4n) is 2.52. The Morgan fingerprint density at radius 1 is 1.29 bits per heavy atom. The highest BCUT2D eigenvalue weighted by molar-refractivity contribution is 7.12. The Labute approximate surface area is 104 Å². The number of Topliss-reactive ketones (excluding diaryl/α,β-unsaturated/α-hetero) is 1. The smallest absolute Gasteiger partial charge is 0.167 e. The Morgan fingerprint density at radius 2 is 2.12 bits per heavy atom. The van der Waals surface area contributed by atoms with E-state index in [1.807, 2.05) is 6.92 Å². The fraction of sp³-hybridized carbons (Fsp3) is 0.357. The summed E-state index contributed by atoms with van der Waals surface area (Å²) in [5.41, 5.74) is 1.81. The zero-order valence-electron chi connectivity index (χ0n) is 9.95. The molecule has 0 spiro atoms. The van der Waals surface area contributed by atoms with Crippen LogP contribution in [0.3, 0.4) is 0 Å². The number of hydrogen-bond acceptors (Lipinski definition) is 3. The minimum Gasteiger partial charge on any atom is -0.468 e. The number of furan rings is 1. The number of ketones is 1. The summed E-state index contributed by atoms with van der Waals surface area (Å²) in [6, 6.07) is 4.26. The van der Waals surface area contributed by atoms with Gasteiger partial charge >= 0.3 is 0 Å². The highest BCUT2D eigenvalue weighted by Crippen LogP contribution is 2.37. The van der Waals surface area contributed by atoms with E-state index in [4.69, 9.17) is 4.42 Å². The van der Waals surface area contributed by atoms with Crippen LogP contribution in [0.15, 0.2) is 22.8 Å². The molecule has 0 saturated carbocycles. The molecule has 3 rings (SSSR count). The monoisotopic (exact) mass is 246 g/mol. The van der Waals surface area contributed by atoms with Crippen LogP contribution in [0.4, 0.5) is 0 Å². The number of fused-ring (bicyclic) bond motifs is 1.